The zero-order valence-electron chi connectivity index (χ0n) is 71.3. The summed E-state index contributed by atoms with van der Waals surface area (Å²) in [6.07, 6.45) is 110. The molecular formula is C95H162O16P2. The van der Waals surface area contributed by atoms with Crippen LogP contribution in [-0.4, -0.2) is 95.9 Å². The first-order valence-corrected chi connectivity index (χ1v) is 47.8. The maximum absolute atomic E-state index is 13.0. The number of unbranched alkanes of at least 4 members (excludes halogenated alkanes) is 35. The third kappa shape index (κ3) is 87.8. The van der Waals surface area contributed by atoms with Crippen LogP contribution in [0.5, 0.6) is 0 Å². The monoisotopic (exact) mass is 1620 g/mol. The summed E-state index contributed by atoms with van der Waals surface area (Å²) >= 11 is 0. The van der Waals surface area contributed by atoms with E-state index in [1.807, 2.05) is 0 Å². The van der Waals surface area contributed by atoms with Gasteiger partial charge in [-0.05, 0) is 154 Å². The van der Waals surface area contributed by atoms with Crippen LogP contribution in [0.3, 0.4) is 0 Å². The molecule has 16 nitrogen and oxygen atoms in total. The highest BCUT2D eigenvalue weighted by Crippen LogP contribution is 2.45. The van der Waals surface area contributed by atoms with E-state index in [4.69, 9.17) is 32.3 Å². The van der Waals surface area contributed by atoms with E-state index in [0.29, 0.717) is 19.3 Å². The average Bonchev–Trinajstić information content (AvgIpc) is 0.899. The van der Waals surface area contributed by atoms with Gasteiger partial charge in [0, 0.05) is 19.3 Å². The Morgan fingerprint density at radius 1 is 0.257 bits per heavy atom. The molecule has 0 saturated heterocycles. The molecule has 0 aliphatic rings. The normalized spacial score (nSPS) is 14.6. The van der Waals surface area contributed by atoms with E-state index in [1.54, 1.807) is 0 Å². The van der Waals surface area contributed by atoms with E-state index < -0.39 is 91.5 Å². The van der Waals surface area contributed by atoms with Crippen LogP contribution in [0.4, 0.5) is 0 Å². The summed E-state index contributed by atoms with van der Waals surface area (Å²) in [6.45, 7) is 2.53. The minimum atomic E-state index is -4.95. The molecule has 0 saturated carbocycles. The van der Waals surface area contributed by atoms with Crippen LogP contribution in [-0.2, 0) is 55.8 Å². The molecule has 0 amide bonds. The third-order valence-corrected chi connectivity index (χ3v) is 20.6. The number of rotatable bonds is 84. The van der Waals surface area contributed by atoms with Gasteiger partial charge in [0.15, 0.2) is 6.10 Å². The number of carbonyl (C=O) groups is 3. The van der Waals surface area contributed by atoms with E-state index in [2.05, 4.69) is 179 Å². The van der Waals surface area contributed by atoms with Crippen molar-refractivity contribution in [2.24, 2.45) is 0 Å². The van der Waals surface area contributed by atoms with E-state index >= 15 is 0 Å². The maximum Gasteiger partial charge on any atom is 0.472 e. The van der Waals surface area contributed by atoms with Crippen molar-refractivity contribution < 1.29 is 75.8 Å². The van der Waals surface area contributed by atoms with Crippen LogP contribution in [0.1, 0.15) is 367 Å². The molecule has 4 N–H and O–H groups in total. The van der Waals surface area contributed by atoms with Crippen molar-refractivity contribution in [3.8, 4) is 0 Å². The maximum atomic E-state index is 13.0. The first-order valence-electron chi connectivity index (χ1n) is 44.8. The Hall–Kier alpha value is -4.83. The van der Waals surface area contributed by atoms with Crippen molar-refractivity contribution in [3.63, 3.8) is 0 Å². The average molecular weight is 1620 g/mol. The standard InChI is InChI=1S/C95H162O16P2/c1-4-7-10-13-16-19-22-25-28-31-34-36-38-40-42-44-46-48-50-52-55-57-60-63-66-69-72-75-78-81-93(98)105-84-90(96)85-107-112(101,102)108-86-91(97)87-109-113(103,104)110-89-92(111-95(100)83-80-77-74-71-68-65-62-59-54-33-30-27-24-21-18-15-12-9-6-3)88-106-94(99)82-79-76-73-70-67-64-61-58-56-53-51-49-47-45-43-41-39-37-35-32-29-26-23-20-17-14-11-8-5-2/h7,10,16-21,25-30,34-37,40-43,46,48,54,59,90-92,96-97H,4-6,8-9,11-15,22-24,31-33,38-39,44-45,47,49-53,55-58,60-89H2,1-3H3,(H,101,102)(H,103,104)/b10-7-,19-16-,20-17-,21-18-,28-25-,29-26-,30-27-,36-34-,37-35-,42-40-,43-41-,48-46-,59-54-. The summed E-state index contributed by atoms with van der Waals surface area (Å²) in [6, 6.07) is 0. The number of aliphatic hydroxyl groups excluding tert-OH is 2. The Bertz CT molecular complexity index is 2680. The number of hydrogen-bond acceptors (Lipinski definition) is 14. The van der Waals surface area contributed by atoms with Crippen LogP contribution in [0, 0.1) is 0 Å². The van der Waals surface area contributed by atoms with Gasteiger partial charge in [0.05, 0.1) is 26.4 Å². The second kappa shape index (κ2) is 86.5. The second-order valence-electron chi connectivity index (χ2n) is 29.7. The molecule has 0 fully saturated rings. The highest BCUT2D eigenvalue weighted by atomic mass is 31.2. The van der Waals surface area contributed by atoms with Gasteiger partial charge in [0.2, 0.25) is 0 Å². The van der Waals surface area contributed by atoms with Gasteiger partial charge >= 0.3 is 33.6 Å². The Morgan fingerprint density at radius 2 is 0.469 bits per heavy atom. The number of esters is 3. The summed E-state index contributed by atoms with van der Waals surface area (Å²) in [5, 5.41) is 20.7. The summed E-state index contributed by atoms with van der Waals surface area (Å²) in [5.74, 6) is -1.59. The predicted molar refractivity (Wildman–Crippen MR) is 472 cm³/mol. The zero-order valence-corrected chi connectivity index (χ0v) is 73.0. The van der Waals surface area contributed by atoms with E-state index in [-0.39, 0.29) is 19.3 Å². The third-order valence-electron chi connectivity index (χ3n) is 18.7. The van der Waals surface area contributed by atoms with E-state index in [1.165, 1.54) is 128 Å². The van der Waals surface area contributed by atoms with Gasteiger partial charge in [-0.2, -0.15) is 0 Å². The van der Waals surface area contributed by atoms with Crippen LogP contribution in [0.25, 0.3) is 0 Å². The first-order chi connectivity index (χ1) is 55.2. The molecule has 0 spiro atoms. The van der Waals surface area contributed by atoms with Crippen molar-refractivity contribution >= 4 is 33.6 Å². The lowest BCUT2D eigenvalue weighted by Gasteiger charge is -2.21. The van der Waals surface area contributed by atoms with E-state index in [9.17, 15) is 43.5 Å². The summed E-state index contributed by atoms with van der Waals surface area (Å²) in [7, 11) is -9.81. The quantitative estimate of drug-likeness (QED) is 0.0146. The molecule has 0 rings (SSSR count). The molecule has 0 radical (unpaired) electrons. The van der Waals surface area contributed by atoms with Crippen molar-refractivity contribution in [1.29, 1.82) is 0 Å². The molecule has 0 aromatic heterocycles. The highest BCUT2D eigenvalue weighted by Gasteiger charge is 2.29. The topological polar surface area (TPSA) is 231 Å². The van der Waals surface area contributed by atoms with Crippen molar-refractivity contribution in [3.05, 3.63) is 158 Å². The minimum absolute atomic E-state index is 0.0871. The fourth-order valence-electron chi connectivity index (χ4n) is 11.9. The van der Waals surface area contributed by atoms with Crippen LogP contribution >= 0.6 is 15.6 Å². The lowest BCUT2D eigenvalue weighted by molar-refractivity contribution is -0.161. The van der Waals surface area contributed by atoms with Gasteiger partial charge in [0.25, 0.3) is 0 Å². The predicted octanol–water partition coefficient (Wildman–Crippen LogP) is 27.3. The summed E-state index contributed by atoms with van der Waals surface area (Å²) < 4.78 is 61.4. The van der Waals surface area contributed by atoms with E-state index in [0.717, 1.165) is 180 Å². The van der Waals surface area contributed by atoms with Gasteiger partial charge in [-0.1, -0.05) is 352 Å². The van der Waals surface area contributed by atoms with Gasteiger partial charge in [-0.3, -0.25) is 32.5 Å². The molecule has 0 aliphatic carbocycles. The number of phosphoric acid groups is 2. The van der Waals surface area contributed by atoms with Crippen LogP contribution in [0.2, 0.25) is 0 Å². The van der Waals surface area contributed by atoms with Crippen LogP contribution in [0.15, 0.2) is 158 Å². The number of aliphatic hydroxyl groups is 2. The number of ether oxygens (including phenoxy) is 3. The molecule has 0 aliphatic heterocycles. The fraction of sp³-hybridized carbons (Fsp3) is 0.695. The Balaban J connectivity index is 4.61. The fourth-order valence-corrected chi connectivity index (χ4v) is 13.5. The molecule has 0 bridgehead atoms. The summed E-state index contributed by atoms with van der Waals surface area (Å²) in [4.78, 5) is 58.9. The highest BCUT2D eigenvalue weighted by molar-refractivity contribution is 7.47. The Kier molecular flexibility index (Phi) is 82.8. The molecule has 113 heavy (non-hydrogen) atoms. The van der Waals surface area contributed by atoms with Gasteiger partial charge in [-0.25, -0.2) is 9.13 Å². The lowest BCUT2D eigenvalue weighted by atomic mass is 10.0. The van der Waals surface area contributed by atoms with Gasteiger partial charge in [-0.15, -0.1) is 0 Å². The Labute approximate surface area is 689 Å². The molecule has 0 heterocycles. The van der Waals surface area contributed by atoms with Gasteiger partial charge in [0.1, 0.15) is 25.4 Å². The SMILES string of the molecule is CC/C=C\C/C=C\C/C=C\C/C=C\C/C=C\C/C=C\CCCCCCCCCCCCC(=O)OCC(O)COP(=O)(O)OCC(O)COP(=O)(O)OCC(COC(=O)CCCCCCCCCCCCCCC/C=C\C/C=C\C/C=C\C/C=C\CCCCC)OC(=O)CCCCCCCC/C=C\C/C=C\C/C=C\CCCCC. The van der Waals surface area contributed by atoms with Crippen molar-refractivity contribution in [2.75, 3.05) is 39.6 Å². The molecule has 18 heteroatoms. The van der Waals surface area contributed by atoms with Gasteiger partial charge < -0.3 is 34.2 Å². The molecule has 5 atom stereocenters. The number of carbonyl (C=O) groups excluding carboxylic acids is 3. The largest absolute Gasteiger partial charge is 0.472 e. The molecule has 5 unspecified atom stereocenters. The number of hydrogen-bond donors (Lipinski definition) is 4. The molecular weight excluding hydrogens is 1460 g/mol. The zero-order chi connectivity index (χ0) is 82.2. The molecule has 0 aromatic rings. The second-order valence-corrected chi connectivity index (χ2v) is 32.6. The lowest BCUT2D eigenvalue weighted by Crippen LogP contribution is -2.30. The number of allylic oxidation sites excluding steroid dienone is 26. The first kappa shape index (κ1) is 108. The number of phosphoric ester groups is 2. The smallest absolute Gasteiger partial charge is 0.463 e. The van der Waals surface area contributed by atoms with Crippen molar-refractivity contribution in [2.45, 2.75) is 386 Å². The molecule has 0 aromatic carbocycles. The summed E-state index contributed by atoms with van der Waals surface area (Å²) in [5.41, 5.74) is 0. The Morgan fingerprint density at radius 3 is 0.743 bits per heavy atom. The molecule has 648 valence electrons. The minimum Gasteiger partial charge on any atom is -0.463 e. The van der Waals surface area contributed by atoms with Crippen molar-refractivity contribution in [1.82, 2.24) is 0 Å². The van der Waals surface area contributed by atoms with Crippen LogP contribution < -0.4 is 0 Å².